The summed E-state index contributed by atoms with van der Waals surface area (Å²) < 4.78 is 5.54. The van der Waals surface area contributed by atoms with Gasteiger partial charge in [0.15, 0.2) is 0 Å². The Morgan fingerprint density at radius 2 is 1.90 bits per heavy atom. The molecule has 0 bridgehead atoms. The van der Waals surface area contributed by atoms with Crippen LogP contribution in [0.2, 0.25) is 0 Å². The topological polar surface area (TPSA) is 63.0 Å². The van der Waals surface area contributed by atoms with Crippen LogP contribution >= 0.6 is 0 Å². The van der Waals surface area contributed by atoms with Gasteiger partial charge in [-0.05, 0) is 38.1 Å². The largest absolute Gasteiger partial charge is 0.491 e. The summed E-state index contributed by atoms with van der Waals surface area (Å²) in [5, 5.41) is 12.6. The average Bonchev–Trinajstić information content (AvgIpc) is 2.43. The Bertz CT molecular complexity index is 402. The van der Waals surface area contributed by atoms with E-state index in [0.29, 0.717) is 12.3 Å². The van der Waals surface area contributed by atoms with Crippen LogP contribution in [0.3, 0.4) is 0 Å². The molecular weight excluding hydrogens is 256 g/mol. The number of benzene rings is 1. The normalized spacial score (nSPS) is 12.2. The van der Waals surface area contributed by atoms with Crippen LogP contribution in [0.5, 0.6) is 5.75 Å². The van der Waals surface area contributed by atoms with Crippen molar-refractivity contribution in [2.24, 2.45) is 0 Å². The van der Waals surface area contributed by atoms with Crippen molar-refractivity contribution in [3.8, 4) is 5.75 Å². The van der Waals surface area contributed by atoms with Gasteiger partial charge in [0.05, 0.1) is 13.1 Å². The molecule has 1 aromatic rings. The van der Waals surface area contributed by atoms with Gasteiger partial charge in [0, 0.05) is 12.6 Å². The number of carbonyl (C=O) groups excluding carboxylic acids is 1. The lowest BCUT2D eigenvalue weighted by molar-refractivity contribution is -0.899. The van der Waals surface area contributed by atoms with Gasteiger partial charge < -0.3 is 20.1 Å². The Balaban J connectivity index is 2.39. The van der Waals surface area contributed by atoms with E-state index in [1.807, 2.05) is 0 Å². The summed E-state index contributed by atoms with van der Waals surface area (Å²) in [7, 11) is 0. The fourth-order valence-electron chi connectivity index (χ4n) is 1.96. The van der Waals surface area contributed by atoms with Gasteiger partial charge in [-0.2, -0.15) is 0 Å². The molecule has 1 atom stereocenters. The number of hydrogen-bond donors (Lipinski definition) is 3. The number of anilines is 1. The number of quaternary nitrogens is 1. The second kappa shape index (κ2) is 8.55. The molecule has 3 N–H and O–H groups in total. The molecule has 0 saturated heterocycles. The van der Waals surface area contributed by atoms with E-state index in [9.17, 15) is 9.90 Å². The van der Waals surface area contributed by atoms with Crippen LogP contribution in [0.4, 0.5) is 5.69 Å². The highest BCUT2D eigenvalue weighted by Gasteiger charge is 2.12. The van der Waals surface area contributed by atoms with Crippen LogP contribution < -0.4 is 15.0 Å². The Kier molecular flexibility index (Phi) is 7.04. The molecule has 0 saturated carbocycles. The average molecular weight is 281 g/mol. The molecular formula is C15H25N2O3+. The summed E-state index contributed by atoms with van der Waals surface area (Å²) >= 11 is 0. The molecule has 0 aromatic heterocycles. The van der Waals surface area contributed by atoms with Gasteiger partial charge in [-0.1, -0.05) is 0 Å². The number of aliphatic hydroxyl groups is 1. The van der Waals surface area contributed by atoms with Crippen molar-refractivity contribution in [1.29, 1.82) is 0 Å². The van der Waals surface area contributed by atoms with Crippen LogP contribution in [0.15, 0.2) is 24.3 Å². The van der Waals surface area contributed by atoms with E-state index in [4.69, 9.17) is 4.74 Å². The van der Waals surface area contributed by atoms with Crippen LogP contribution in [0, 0.1) is 0 Å². The highest BCUT2D eigenvalue weighted by molar-refractivity contribution is 5.88. The van der Waals surface area contributed by atoms with Crippen molar-refractivity contribution in [2.45, 2.75) is 26.9 Å². The summed E-state index contributed by atoms with van der Waals surface area (Å²) in [4.78, 5) is 12.2. The van der Waals surface area contributed by atoms with E-state index in [1.165, 1.54) is 11.8 Å². The molecule has 0 aliphatic rings. The lowest BCUT2D eigenvalue weighted by atomic mass is 10.3. The third-order valence-electron chi connectivity index (χ3n) is 3.14. The molecule has 1 rings (SSSR count). The molecule has 0 aliphatic heterocycles. The number of likely N-dealkylation sites (N-methyl/N-ethyl adjacent to an activating group) is 1. The van der Waals surface area contributed by atoms with E-state index < -0.39 is 6.10 Å². The van der Waals surface area contributed by atoms with Crippen molar-refractivity contribution in [3.63, 3.8) is 0 Å². The molecule has 0 fully saturated rings. The summed E-state index contributed by atoms with van der Waals surface area (Å²) in [6, 6.07) is 7.11. The minimum Gasteiger partial charge on any atom is -0.491 e. The van der Waals surface area contributed by atoms with Crippen LogP contribution in [-0.2, 0) is 4.79 Å². The summed E-state index contributed by atoms with van der Waals surface area (Å²) in [6.07, 6.45) is -0.472. The Labute approximate surface area is 120 Å². The second-order valence-electron chi connectivity index (χ2n) is 4.83. The van der Waals surface area contributed by atoms with Gasteiger partial charge >= 0.3 is 0 Å². The Hall–Kier alpha value is -1.59. The third kappa shape index (κ3) is 6.04. The molecule has 112 valence electrons. The fourth-order valence-corrected chi connectivity index (χ4v) is 1.96. The van der Waals surface area contributed by atoms with Crippen molar-refractivity contribution >= 4 is 11.6 Å². The first-order valence-corrected chi connectivity index (χ1v) is 7.07. The van der Waals surface area contributed by atoms with E-state index >= 15 is 0 Å². The van der Waals surface area contributed by atoms with Crippen molar-refractivity contribution in [2.75, 3.05) is 31.6 Å². The molecule has 0 unspecified atom stereocenters. The molecule has 5 nitrogen and oxygen atoms in total. The van der Waals surface area contributed by atoms with Gasteiger partial charge in [-0.25, -0.2) is 0 Å². The van der Waals surface area contributed by atoms with Crippen LogP contribution in [-0.4, -0.2) is 43.4 Å². The first-order valence-electron chi connectivity index (χ1n) is 7.07. The first-order chi connectivity index (χ1) is 9.55. The number of nitrogens with one attached hydrogen (secondary N) is 2. The van der Waals surface area contributed by atoms with Crippen molar-refractivity contribution in [3.05, 3.63) is 24.3 Å². The zero-order valence-electron chi connectivity index (χ0n) is 12.5. The Morgan fingerprint density at radius 1 is 1.30 bits per heavy atom. The highest BCUT2D eigenvalue weighted by Crippen LogP contribution is 2.15. The maximum Gasteiger partial charge on any atom is 0.221 e. The SMILES string of the molecule is CC[NH+](CC)C[C@H](O)COc1ccc(NC(C)=O)cc1. The second-order valence-corrected chi connectivity index (χ2v) is 4.83. The van der Waals surface area contributed by atoms with Gasteiger partial charge in [0.1, 0.15) is 25.0 Å². The van der Waals surface area contributed by atoms with Crippen LogP contribution in [0.1, 0.15) is 20.8 Å². The maximum atomic E-state index is 10.9. The van der Waals surface area contributed by atoms with E-state index in [0.717, 1.165) is 18.8 Å². The van der Waals surface area contributed by atoms with Crippen LogP contribution in [0.25, 0.3) is 0 Å². The fraction of sp³-hybridized carbons (Fsp3) is 0.533. The zero-order chi connectivity index (χ0) is 15.0. The lowest BCUT2D eigenvalue weighted by Gasteiger charge is -2.19. The number of ether oxygens (including phenoxy) is 1. The smallest absolute Gasteiger partial charge is 0.221 e. The van der Waals surface area contributed by atoms with E-state index in [2.05, 4.69) is 19.2 Å². The zero-order valence-corrected chi connectivity index (χ0v) is 12.5. The lowest BCUT2D eigenvalue weighted by Crippen LogP contribution is -3.12. The van der Waals surface area contributed by atoms with Gasteiger partial charge in [-0.3, -0.25) is 4.79 Å². The Morgan fingerprint density at radius 3 is 2.40 bits per heavy atom. The first kappa shape index (κ1) is 16.5. The van der Waals surface area contributed by atoms with Gasteiger partial charge in [0.25, 0.3) is 0 Å². The van der Waals surface area contributed by atoms with E-state index in [1.54, 1.807) is 24.3 Å². The number of aliphatic hydroxyl groups excluding tert-OH is 1. The molecule has 0 aliphatic carbocycles. The molecule has 1 aromatic carbocycles. The molecule has 0 heterocycles. The molecule has 1 amide bonds. The molecule has 0 radical (unpaired) electrons. The van der Waals surface area contributed by atoms with Crippen molar-refractivity contribution in [1.82, 2.24) is 0 Å². The summed E-state index contributed by atoms with van der Waals surface area (Å²) in [5.41, 5.74) is 0.734. The minimum atomic E-state index is -0.472. The van der Waals surface area contributed by atoms with Gasteiger partial charge in [0.2, 0.25) is 5.91 Å². The standard InChI is InChI=1S/C15H24N2O3/c1-4-17(5-2)10-14(19)11-20-15-8-6-13(7-9-15)16-12(3)18/h6-9,14,19H,4-5,10-11H2,1-3H3,(H,16,18)/p+1/t14-/m0/s1. The predicted molar refractivity (Wildman–Crippen MR) is 79.2 cm³/mol. The maximum absolute atomic E-state index is 10.9. The number of rotatable bonds is 8. The molecule has 0 spiro atoms. The quantitative estimate of drug-likeness (QED) is 0.642. The van der Waals surface area contributed by atoms with Gasteiger partial charge in [-0.15, -0.1) is 0 Å². The summed E-state index contributed by atoms with van der Waals surface area (Å²) in [6.45, 7) is 8.65. The summed E-state index contributed by atoms with van der Waals surface area (Å²) in [5.74, 6) is 0.587. The number of hydrogen-bond acceptors (Lipinski definition) is 3. The minimum absolute atomic E-state index is 0.101. The van der Waals surface area contributed by atoms with E-state index in [-0.39, 0.29) is 12.5 Å². The molecule has 20 heavy (non-hydrogen) atoms. The monoisotopic (exact) mass is 281 g/mol. The number of amides is 1. The number of carbonyl (C=O) groups is 1. The highest BCUT2D eigenvalue weighted by atomic mass is 16.5. The molecule has 5 heteroatoms. The predicted octanol–water partition coefficient (Wildman–Crippen LogP) is 0.309. The van der Waals surface area contributed by atoms with Crippen molar-refractivity contribution < 1.29 is 19.5 Å². The third-order valence-corrected chi connectivity index (χ3v) is 3.14.